The Hall–Kier alpha value is -2.47. The summed E-state index contributed by atoms with van der Waals surface area (Å²) < 4.78 is 0. The number of hydrogen-bond donors (Lipinski definition) is 1. The Morgan fingerprint density at radius 2 is 1.88 bits per heavy atom. The fraction of sp³-hybridized carbons (Fsp3) is 0.450. The topological polar surface area (TPSA) is 61.4 Å². The molecule has 0 radical (unpaired) electrons. The van der Waals surface area contributed by atoms with Crippen molar-refractivity contribution in [2.45, 2.75) is 12.8 Å². The van der Waals surface area contributed by atoms with Gasteiger partial charge in [-0.05, 0) is 25.5 Å². The van der Waals surface area contributed by atoms with E-state index in [-0.39, 0.29) is 5.92 Å². The lowest BCUT2D eigenvalue weighted by Crippen LogP contribution is -2.52. The molecule has 2 aliphatic heterocycles. The van der Waals surface area contributed by atoms with Crippen molar-refractivity contribution in [1.82, 2.24) is 20.2 Å². The summed E-state index contributed by atoms with van der Waals surface area (Å²) in [5, 5.41) is 3.33. The Kier molecular flexibility index (Phi) is 5.11. The number of nitrogens with zero attached hydrogens (tertiary/aromatic N) is 4. The van der Waals surface area contributed by atoms with Crippen LogP contribution in [0.3, 0.4) is 0 Å². The molecule has 0 aliphatic carbocycles. The molecule has 2 aliphatic rings. The van der Waals surface area contributed by atoms with Crippen LogP contribution in [0.25, 0.3) is 11.3 Å². The summed E-state index contributed by atoms with van der Waals surface area (Å²) in [5.74, 6) is 1.20. The predicted octanol–water partition coefficient (Wildman–Crippen LogP) is 1.79. The van der Waals surface area contributed by atoms with Gasteiger partial charge in [0.05, 0.1) is 11.6 Å². The lowest BCUT2D eigenvalue weighted by Gasteiger charge is -2.37. The highest BCUT2D eigenvalue weighted by Crippen LogP contribution is 2.20. The molecule has 1 atom stereocenters. The Morgan fingerprint density at radius 1 is 1.08 bits per heavy atom. The number of rotatable bonds is 3. The quantitative estimate of drug-likeness (QED) is 0.914. The number of carbonyl (C=O) groups is 1. The zero-order valence-corrected chi connectivity index (χ0v) is 15.0. The smallest absolute Gasteiger partial charge is 0.227 e. The second-order valence-electron chi connectivity index (χ2n) is 6.96. The van der Waals surface area contributed by atoms with E-state index in [1.165, 1.54) is 0 Å². The number of piperidine rings is 1. The van der Waals surface area contributed by atoms with Crippen LogP contribution in [0, 0.1) is 5.92 Å². The molecule has 136 valence electrons. The van der Waals surface area contributed by atoms with Gasteiger partial charge in [-0.3, -0.25) is 4.79 Å². The monoisotopic (exact) mass is 351 g/mol. The maximum Gasteiger partial charge on any atom is 0.227 e. The van der Waals surface area contributed by atoms with Crippen LogP contribution in [-0.2, 0) is 4.79 Å². The van der Waals surface area contributed by atoms with Gasteiger partial charge in [0.2, 0.25) is 11.9 Å². The van der Waals surface area contributed by atoms with Gasteiger partial charge in [-0.15, -0.1) is 0 Å². The van der Waals surface area contributed by atoms with E-state index in [0.29, 0.717) is 5.91 Å². The van der Waals surface area contributed by atoms with Crippen LogP contribution in [-0.4, -0.2) is 60.0 Å². The first-order valence-corrected chi connectivity index (χ1v) is 9.44. The second kappa shape index (κ2) is 7.83. The van der Waals surface area contributed by atoms with E-state index < -0.39 is 0 Å². The normalized spacial score (nSPS) is 20.8. The van der Waals surface area contributed by atoms with Crippen LogP contribution >= 0.6 is 0 Å². The lowest BCUT2D eigenvalue weighted by molar-refractivity contribution is -0.136. The summed E-state index contributed by atoms with van der Waals surface area (Å²) in [4.78, 5) is 26.0. The van der Waals surface area contributed by atoms with Crippen molar-refractivity contribution in [3.8, 4) is 11.3 Å². The number of benzene rings is 1. The van der Waals surface area contributed by atoms with Crippen molar-refractivity contribution in [1.29, 1.82) is 0 Å². The van der Waals surface area contributed by atoms with E-state index in [9.17, 15) is 4.79 Å². The van der Waals surface area contributed by atoms with E-state index in [4.69, 9.17) is 4.98 Å². The molecule has 26 heavy (non-hydrogen) atoms. The molecule has 0 saturated carbocycles. The molecule has 4 rings (SSSR count). The fourth-order valence-electron chi connectivity index (χ4n) is 3.72. The molecule has 2 aromatic rings. The Labute approximate surface area is 154 Å². The predicted molar refractivity (Wildman–Crippen MR) is 102 cm³/mol. The van der Waals surface area contributed by atoms with Gasteiger partial charge in [-0.25, -0.2) is 9.97 Å². The molecular weight excluding hydrogens is 326 g/mol. The van der Waals surface area contributed by atoms with Gasteiger partial charge in [-0.1, -0.05) is 30.3 Å². The minimum absolute atomic E-state index is 0.146. The fourth-order valence-corrected chi connectivity index (χ4v) is 3.72. The first kappa shape index (κ1) is 17.0. The molecule has 2 saturated heterocycles. The lowest BCUT2D eigenvalue weighted by atomic mass is 9.98. The molecule has 0 bridgehead atoms. The zero-order chi connectivity index (χ0) is 17.8. The third-order valence-electron chi connectivity index (χ3n) is 5.23. The van der Waals surface area contributed by atoms with Crippen molar-refractivity contribution in [3.05, 3.63) is 42.6 Å². The van der Waals surface area contributed by atoms with Gasteiger partial charge >= 0.3 is 0 Å². The highest BCUT2D eigenvalue weighted by atomic mass is 16.2. The van der Waals surface area contributed by atoms with Crippen molar-refractivity contribution >= 4 is 11.9 Å². The van der Waals surface area contributed by atoms with E-state index in [1.54, 1.807) is 0 Å². The van der Waals surface area contributed by atoms with Gasteiger partial charge < -0.3 is 15.1 Å². The Bertz CT molecular complexity index is 737. The van der Waals surface area contributed by atoms with Gasteiger partial charge in [0, 0.05) is 44.5 Å². The Morgan fingerprint density at radius 3 is 2.62 bits per heavy atom. The zero-order valence-electron chi connectivity index (χ0n) is 15.0. The number of nitrogens with one attached hydrogen (secondary N) is 1. The molecule has 1 amide bonds. The minimum atomic E-state index is 0.146. The molecule has 2 fully saturated rings. The number of carbonyl (C=O) groups excluding carboxylic acids is 1. The average molecular weight is 351 g/mol. The molecule has 1 N–H and O–H groups in total. The molecule has 1 aromatic carbocycles. The minimum Gasteiger partial charge on any atom is -0.339 e. The van der Waals surface area contributed by atoms with Crippen molar-refractivity contribution in [2.75, 3.05) is 44.2 Å². The van der Waals surface area contributed by atoms with Crippen molar-refractivity contribution in [2.24, 2.45) is 5.92 Å². The first-order valence-electron chi connectivity index (χ1n) is 9.44. The van der Waals surface area contributed by atoms with Crippen LogP contribution in [0.15, 0.2) is 42.6 Å². The molecule has 6 nitrogen and oxygen atoms in total. The third kappa shape index (κ3) is 3.70. The van der Waals surface area contributed by atoms with Crippen LogP contribution in [0.2, 0.25) is 0 Å². The van der Waals surface area contributed by atoms with Gasteiger partial charge in [-0.2, -0.15) is 0 Å². The SMILES string of the molecule is O=C(C1CCCNC1)N1CCN(c2nccc(-c3ccccc3)n2)CC1. The summed E-state index contributed by atoms with van der Waals surface area (Å²) in [6, 6.07) is 12.1. The summed E-state index contributed by atoms with van der Waals surface area (Å²) in [7, 11) is 0. The number of piperazine rings is 1. The molecule has 0 spiro atoms. The number of anilines is 1. The Balaban J connectivity index is 1.39. The van der Waals surface area contributed by atoms with Crippen molar-refractivity contribution in [3.63, 3.8) is 0 Å². The van der Waals surface area contributed by atoms with Crippen LogP contribution in [0.1, 0.15) is 12.8 Å². The summed E-state index contributed by atoms with van der Waals surface area (Å²) in [6.07, 6.45) is 3.92. The van der Waals surface area contributed by atoms with Crippen molar-refractivity contribution < 1.29 is 4.79 Å². The van der Waals surface area contributed by atoms with Crippen LogP contribution in [0.5, 0.6) is 0 Å². The third-order valence-corrected chi connectivity index (χ3v) is 5.23. The highest BCUT2D eigenvalue weighted by Gasteiger charge is 2.29. The molecule has 3 heterocycles. The maximum absolute atomic E-state index is 12.7. The molecule has 6 heteroatoms. The number of hydrogen-bond acceptors (Lipinski definition) is 5. The van der Waals surface area contributed by atoms with Crippen LogP contribution < -0.4 is 10.2 Å². The summed E-state index contributed by atoms with van der Waals surface area (Å²) in [5.41, 5.74) is 2.03. The van der Waals surface area contributed by atoms with E-state index in [1.807, 2.05) is 35.4 Å². The average Bonchev–Trinajstić information content (AvgIpc) is 2.75. The van der Waals surface area contributed by atoms with Gasteiger partial charge in [0.15, 0.2) is 0 Å². The van der Waals surface area contributed by atoms with Gasteiger partial charge in [0.1, 0.15) is 0 Å². The first-order chi connectivity index (χ1) is 12.8. The number of amides is 1. The molecular formula is C20H25N5O. The molecule has 1 unspecified atom stereocenters. The second-order valence-corrected chi connectivity index (χ2v) is 6.96. The largest absolute Gasteiger partial charge is 0.339 e. The summed E-state index contributed by atoms with van der Waals surface area (Å²) in [6.45, 7) is 4.91. The van der Waals surface area contributed by atoms with E-state index >= 15 is 0 Å². The highest BCUT2D eigenvalue weighted by molar-refractivity contribution is 5.79. The van der Waals surface area contributed by atoms with Gasteiger partial charge in [0.25, 0.3) is 0 Å². The summed E-state index contributed by atoms with van der Waals surface area (Å²) >= 11 is 0. The number of aromatic nitrogens is 2. The van der Waals surface area contributed by atoms with Crippen LogP contribution in [0.4, 0.5) is 5.95 Å². The maximum atomic E-state index is 12.7. The van der Waals surface area contributed by atoms with E-state index in [2.05, 4.69) is 27.3 Å². The molecule has 1 aromatic heterocycles. The standard InChI is InChI=1S/C20H25N5O/c26-19(17-7-4-9-21-15-17)24-11-13-25(14-12-24)20-22-10-8-18(23-20)16-5-2-1-3-6-16/h1-3,5-6,8,10,17,21H,4,7,9,11-15H2. The van der Waals surface area contributed by atoms with E-state index in [0.717, 1.165) is 69.3 Å².